The molecule has 0 aliphatic carbocycles. The first kappa shape index (κ1) is 23.2. The molecule has 2 heterocycles. The lowest BCUT2D eigenvalue weighted by Crippen LogP contribution is -2.22. The lowest BCUT2D eigenvalue weighted by Gasteiger charge is -2.15. The molecule has 34 heavy (non-hydrogen) atoms. The van der Waals surface area contributed by atoms with Crippen LogP contribution in [-0.4, -0.2) is 55.0 Å². The first-order valence-corrected chi connectivity index (χ1v) is 10.6. The number of imidazole rings is 1. The molecule has 11 heteroatoms. The van der Waals surface area contributed by atoms with Crippen LogP contribution < -0.4 is 16.6 Å². The number of fused-ring (bicyclic) bond motifs is 2. The summed E-state index contributed by atoms with van der Waals surface area (Å²) in [4.78, 5) is 33.4. The van der Waals surface area contributed by atoms with Crippen LogP contribution in [0.1, 0.15) is 19.3 Å². The molecule has 2 aromatic heterocycles. The molecular weight excluding hydrogens is 445 g/mol. The van der Waals surface area contributed by atoms with Crippen LogP contribution in [0.15, 0.2) is 41.2 Å². The van der Waals surface area contributed by atoms with Crippen molar-refractivity contribution in [3.8, 4) is 11.4 Å². The highest BCUT2D eigenvalue weighted by Gasteiger charge is 2.18. The third-order valence-corrected chi connectivity index (χ3v) is 5.51. The number of aromatic amines is 2. The van der Waals surface area contributed by atoms with E-state index in [0.717, 1.165) is 0 Å². The third-order valence-electron chi connectivity index (χ3n) is 5.51. The molecule has 8 N–H and O–H groups in total. The zero-order valence-corrected chi connectivity index (χ0v) is 18.0. The molecular formula is C23H24FN5O5. The van der Waals surface area contributed by atoms with Gasteiger partial charge < -0.3 is 36.3 Å². The number of hydrogen-bond acceptors (Lipinski definition) is 7. The largest absolute Gasteiger partial charge is 0.481 e. The van der Waals surface area contributed by atoms with Crippen molar-refractivity contribution in [3.63, 3.8) is 0 Å². The zero-order chi connectivity index (χ0) is 24.4. The Morgan fingerprint density at radius 1 is 1.15 bits per heavy atom. The maximum absolute atomic E-state index is 14.3. The average Bonchev–Trinajstić information content (AvgIpc) is 3.15. The van der Waals surface area contributed by atoms with Gasteiger partial charge in [0.2, 0.25) is 0 Å². The Bertz CT molecular complexity index is 1420. The van der Waals surface area contributed by atoms with Gasteiger partial charge in [0.1, 0.15) is 17.2 Å². The number of carboxylic acids is 1. The molecule has 0 bridgehead atoms. The van der Waals surface area contributed by atoms with Gasteiger partial charge in [0, 0.05) is 12.2 Å². The van der Waals surface area contributed by atoms with Crippen molar-refractivity contribution in [2.24, 2.45) is 0 Å². The fourth-order valence-electron chi connectivity index (χ4n) is 3.91. The fourth-order valence-corrected chi connectivity index (χ4v) is 3.91. The van der Waals surface area contributed by atoms with Crippen molar-refractivity contribution in [3.05, 3.63) is 52.6 Å². The van der Waals surface area contributed by atoms with Crippen molar-refractivity contribution in [1.29, 1.82) is 0 Å². The molecule has 2 unspecified atom stereocenters. The molecule has 2 atom stereocenters. The van der Waals surface area contributed by atoms with Gasteiger partial charge in [0.15, 0.2) is 0 Å². The van der Waals surface area contributed by atoms with E-state index in [1.807, 2.05) is 0 Å². The van der Waals surface area contributed by atoms with Gasteiger partial charge in [-0.15, -0.1) is 0 Å². The van der Waals surface area contributed by atoms with Gasteiger partial charge in [-0.2, -0.15) is 0 Å². The summed E-state index contributed by atoms with van der Waals surface area (Å²) >= 11 is 0. The minimum Gasteiger partial charge on any atom is -0.481 e. The second kappa shape index (κ2) is 9.49. The molecule has 0 spiro atoms. The minimum absolute atomic E-state index is 0.00618. The molecule has 10 nitrogen and oxygen atoms in total. The van der Waals surface area contributed by atoms with Crippen LogP contribution in [0.3, 0.4) is 0 Å². The summed E-state index contributed by atoms with van der Waals surface area (Å²) < 4.78 is 14.3. The number of nitrogen functional groups attached to an aromatic ring is 1. The molecule has 4 aromatic rings. The number of carbonyl (C=O) groups is 1. The summed E-state index contributed by atoms with van der Waals surface area (Å²) in [6, 6.07) is 9.59. The quantitative estimate of drug-likeness (QED) is 0.195. The van der Waals surface area contributed by atoms with Gasteiger partial charge in [-0.3, -0.25) is 9.59 Å². The molecule has 2 aromatic carbocycles. The zero-order valence-electron chi connectivity index (χ0n) is 18.0. The number of H-pyrrole nitrogens is 2. The number of halogens is 1. The number of aliphatic hydroxyl groups is 2. The predicted octanol–water partition coefficient (Wildman–Crippen LogP) is 2.18. The van der Waals surface area contributed by atoms with E-state index in [-0.39, 0.29) is 28.9 Å². The van der Waals surface area contributed by atoms with Crippen molar-refractivity contribution in [2.75, 3.05) is 17.6 Å². The Hall–Kier alpha value is -3.96. The van der Waals surface area contributed by atoms with Crippen LogP contribution in [0.25, 0.3) is 33.3 Å². The Morgan fingerprint density at radius 3 is 2.71 bits per heavy atom. The first-order chi connectivity index (χ1) is 16.2. The topological polar surface area (TPSA) is 177 Å². The van der Waals surface area contributed by atoms with Crippen LogP contribution in [-0.2, 0) is 4.79 Å². The maximum atomic E-state index is 14.3. The highest BCUT2D eigenvalue weighted by Crippen LogP contribution is 2.30. The Balaban J connectivity index is 1.51. The summed E-state index contributed by atoms with van der Waals surface area (Å²) in [6.45, 7) is 0.379. The summed E-state index contributed by atoms with van der Waals surface area (Å²) in [7, 11) is 0. The monoisotopic (exact) mass is 469 g/mol. The summed E-state index contributed by atoms with van der Waals surface area (Å²) in [5, 5.41) is 31.5. The number of benzene rings is 2. The number of aliphatic carboxylic acids is 1. The number of nitrogens with two attached hydrogens (primary N) is 1. The second-order valence-electron chi connectivity index (χ2n) is 8.08. The minimum atomic E-state index is -1.12. The van der Waals surface area contributed by atoms with Gasteiger partial charge in [-0.05, 0) is 43.2 Å². The smallest absolute Gasteiger partial charge is 0.305 e. The van der Waals surface area contributed by atoms with Crippen LogP contribution >= 0.6 is 0 Å². The number of carboxylic acid groups (broad SMARTS) is 1. The highest BCUT2D eigenvalue weighted by atomic mass is 19.1. The van der Waals surface area contributed by atoms with Crippen LogP contribution in [0.4, 0.5) is 15.8 Å². The third kappa shape index (κ3) is 4.85. The van der Waals surface area contributed by atoms with E-state index in [0.29, 0.717) is 35.2 Å². The van der Waals surface area contributed by atoms with E-state index >= 15 is 0 Å². The van der Waals surface area contributed by atoms with Crippen molar-refractivity contribution < 1.29 is 24.5 Å². The standard InChI is InChI=1S/C23H24FN5O5/c24-14-2-1-3-16-19(14)21(25)20(23(34)29-16)22-27-15-5-4-11(8-17(15)28-22)26-7-6-12(30)9-13(31)10-18(32)33/h1-5,8,12-13,26,30-31H,6-7,9-10H2,(H,27,28)(H,32,33)(H3,25,29,34). The Labute approximate surface area is 192 Å². The number of hydrogen-bond donors (Lipinski definition) is 7. The maximum Gasteiger partial charge on any atom is 0.305 e. The average molecular weight is 469 g/mol. The fraction of sp³-hybridized carbons (Fsp3) is 0.261. The lowest BCUT2D eigenvalue weighted by molar-refractivity contribution is -0.139. The number of aliphatic hydroxyl groups excluding tert-OH is 2. The highest BCUT2D eigenvalue weighted by molar-refractivity contribution is 5.98. The van der Waals surface area contributed by atoms with Gasteiger partial charge in [-0.1, -0.05) is 6.07 Å². The van der Waals surface area contributed by atoms with Crippen LogP contribution in [0, 0.1) is 5.82 Å². The molecule has 0 fully saturated rings. The van der Waals surface area contributed by atoms with Crippen LogP contribution in [0.2, 0.25) is 0 Å². The Kier molecular flexibility index (Phi) is 6.48. The number of rotatable bonds is 9. The second-order valence-corrected chi connectivity index (χ2v) is 8.08. The number of nitrogens with zero attached hydrogens (tertiary/aromatic N) is 1. The van der Waals surface area contributed by atoms with Gasteiger partial charge in [-0.25, -0.2) is 9.37 Å². The molecule has 0 saturated carbocycles. The Morgan fingerprint density at radius 2 is 1.94 bits per heavy atom. The molecule has 0 aliphatic heterocycles. The van der Waals surface area contributed by atoms with Crippen molar-refractivity contribution in [1.82, 2.24) is 15.0 Å². The summed E-state index contributed by atoms with van der Waals surface area (Å²) in [5.74, 6) is -1.46. The number of anilines is 2. The van der Waals surface area contributed by atoms with E-state index in [2.05, 4.69) is 20.3 Å². The normalized spacial score (nSPS) is 13.3. The van der Waals surface area contributed by atoms with E-state index in [1.165, 1.54) is 12.1 Å². The van der Waals surface area contributed by atoms with Gasteiger partial charge in [0.25, 0.3) is 5.56 Å². The SMILES string of the molecule is Nc1c(-c2nc3ccc(NCCC(O)CC(O)CC(=O)O)cc3[nH]2)c(=O)[nH]c2cccc(F)c12. The molecule has 0 amide bonds. The molecule has 4 rings (SSSR count). The van der Waals surface area contributed by atoms with Gasteiger partial charge >= 0.3 is 5.97 Å². The van der Waals surface area contributed by atoms with E-state index in [1.54, 1.807) is 24.3 Å². The summed E-state index contributed by atoms with van der Waals surface area (Å²) in [6.07, 6.45) is -2.10. The first-order valence-electron chi connectivity index (χ1n) is 10.6. The van der Waals surface area contributed by atoms with Crippen molar-refractivity contribution >= 4 is 39.3 Å². The molecule has 0 aliphatic rings. The van der Waals surface area contributed by atoms with Gasteiger partial charge in [0.05, 0.1) is 46.3 Å². The van der Waals surface area contributed by atoms with E-state index < -0.39 is 36.0 Å². The molecule has 178 valence electrons. The van der Waals surface area contributed by atoms with Crippen LogP contribution in [0.5, 0.6) is 0 Å². The number of aromatic nitrogens is 3. The van der Waals surface area contributed by atoms with E-state index in [4.69, 9.17) is 10.8 Å². The lowest BCUT2D eigenvalue weighted by atomic mass is 10.1. The van der Waals surface area contributed by atoms with Crippen molar-refractivity contribution in [2.45, 2.75) is 31.5 Å². The predicted molar refractivity (Wildman–Crippen MR) is 126 cm³/mol. The summed E-state index contributed by atoms with van der Waals surface area (Å²) in [5.41, 5.74) is 7.90. The molecule has 0 saturated heterocycles. The number of pyridine rings is 1. The number of nitrogens with one attached hydrogen (secondary N) is 3. The molecule has 0 radical (unpaired) electrons. The van der Waals surface area contributed by atoms with E-state index in [9.17, 15) is 24.2 Å².